The fourth-order valence-corrected chi connectivity index (χ4v) is 2.72. The molecule has 0 aromatic carbocycles. The molecule has 0 aromatic heterocycles. The van der Waals surface area contributed by atoms with Gasteiger partial charge in [0.1, 0.15) is 0 Å². The molecule has 94 valence electrons. The van der Waals surface area contributed by atoms with Gasteiger partial charge in [0.2, 0.25) is 0 Å². The Morgan fingerprint density at radius 3 is 2.12 bits per heavy atom. The first-order chi connectivity index (χ1) is 7.59. The Bertz CT molecular complexity index is 192. The fourth-order valence-electron chi connectivity index (χ4n) is 2.72. The van der Waals surface area contributed by atoms with Crippen molar-refractivity contribution in [1.29, 1.82) is 0 Å². The second-order valence-electron chi connectivity index (χ2n) is 6.32. The van der Waals surface area contributed by atoms with Crippen molar-refractivity contribution in [3.63, 3.8) is 0 Å². The van der Waals surface area contributed by atoms with Gasteiger partial charge in [-0.25, -0.2) is 0 Å². The number of rotatable bonds is 5. The van der Waals surface area contributed by atoms with E-state index in [2.05, 4.69) is 39.8 Å². The summed E-state index contributed by atoms with van der Waals surface area (Å²) in [5, 5.41) is 0. The lowest BCUT2D eigenvalue weighted by molar-refractivity contribution is 0.248. The standard InChI is InChI=1S/C16H30/c1-13(2)7-5-6-8-15-9-11-16(12-10-15)14(3)4/h6,8,13-16H,5,7,9-12H2,1-4H3. The molecule has 0 aliphatic heterocycles. The quantitative estimate of drug-likeness (QED) is 0.543. The summed E-state index contributed by atoms with van der Waals surface area (Å²) in [5.74, 6) is 3.63. The van der Waals surface area contributed by atoms with Crippen LogP contribution in [-0.4, -0.2) is 0 Å². The predicted octanol–water partition coefficient (Wildman–Crippen LogP) is 5.44. The van der Waals surface area contributed by atoms with Crippen LogP contribution in [0.4, 0.5) is 0 Å². The van der Waals surface area contributed by atoms with Gasteiger partial charge in [0.15, 0.2) is 0 Å². The smallest absolute Gasteiger partial charge is 0.0233 e. The topological polar surface area (TPSA) is 0 Å². The molecule has 1 aliphatic carbocycles. The molecule has 0 spiro atoms. The van der Waals surface area contributed by atoms with Crippen molar-refractivity contribution in [2.75, 3.05) is 0 Å². The maximum Gasteiger partial charge on any atom is -0.0233 e. The summed E-state index contributed by atoms with van der Waals surface area (Å²) in [5.41, 5.74) is 0. The van der Waals surface area contributed by atoms with E-state index in [1.165, 1.54) is 38.5 Å². The van der Waals surface area contributed by atoms with E-state index in [9.17, 15) is 0 Å². The van der Waals surface area contributed by atoms with Gasteiger partial charge in [-0.1, -0.05) is 39.8 Å². The molecule has 0 amide bonds. The number of hydrogen-bond acceptors (Lipinski definition) is 0. The first-order valence-electron chi connectivity index (χ1n) is 7.26. The molecular formula is C16H30. The van der Waals surface area contributed by atoms with Gasteiger partial charge in [-0.2, -0.15) is 0 Å². The van der Waals surface area contributed by atoms with E-state index in [1.807, 2.05) is 0 Å². The van der Waals surface area contributed by atoms with Crippen LogP contribution in [0.3, 0.4) is 0 Å². The maximum absolute atomic E-state index is 2.50. The Labute approximate surface area is 103 Å². The summed E-state index contributed by atoms with van der Waals surface area (Å²) in [6, 6.07) is 0. The summed E-state index contributed by atoms with van der Waals surface area (Å²) < 4.78 is 0. The molecule has 0 heteroatoms. The molecule has 0 heterocycles. The minimum Gasteiger partial charge on any atom is -0.0883 e. The Morgan fingerprint density at radius 1 is 1.00 bits per heavy atom. The Balaban J connectivity index is 2.16. The van der Waals surface area contributed by atoms with Crippen LogP contribution < -0.4 is 0 Å². The minimum absolute atomic E-state index is 0.848. The third kappa shape index (κ3) is 5.18. The Hall–Kier alpha value is -0.260. The van der Waals surface area contributed by atoms with Crippen molar-refractivity contribution in [2.24, 2.45) is 23.7 Å². The summed E-state index contributed by atoms with van der Waals surface area (Å²) in [4.78, 5) is 0. The summed E-state index contributed by atoms with van der Waals surface area (Å²) in [6.45, 7) is 9.37. The normalized spacial score (nSPS) is 27.1. The molecule has 1 rings (SSSR count). The van der Waals surface area contributed by atoms with Crippen molar-refractivity contribution in [2.45, 2.75) is 66.2 Å². The van der Waals surface area contributed by atoms with E-state index in [-0.39, 0.29) is 0 Å². The van der Waals surface area contributed by atoms with Crippen molar-refractivity contribution < 1.29 is 0 Å². The summed E-state index contributed by atoms with van der Waals surface area (Å²) in [7, 11) is 0. The summed E-state index contributed by atoms with van der Waals surface area (Å²) >= 11 is 0. The van der Waals surface area contributed by atoms with E-state index in [0.717, 1.165) is 23.7 Å². The van der Waals surface area contributed by atoms with Crippen LogP contribution in [0.1, 0.15) is 66.2 Å². The van der Waals surface area contributed by atoms with Crippen LogP contribution in [0.15, 0.2) is 12.2 Å². The lowest BCUT2D eigenvalue weighted by atomic mass is 9.77. The lowest BCUT2D eigenvalue weighted by Gasteiger charge is -2.29. The van der Waals surface area contributed by atoms with Crippen LogP contribution in [0.25, 0.3) is 0 Å². The van der Waals surface area contributed by atoms with Gasteiger partial charge in [0, 0.05) is 0 Å². The first kappa shape index (κ1) is 13.8. The third-order valence-corrected chi connectivity index (χ3v) is 4.08. The fraction of sp³-hybridized carbons (Fsp3) is 0.875. The Morgan fingerprint density at radius 2 is 1.62 bits per heavy atom. The van der Waals surface area contributed by atoms with Gasteiger partial charge in [-0.05, 0) is 62.2 Å². The van der Waals surface area contributed by atoms with Gasteiger partial charge in [0.05, 0.1) is 0 Å². The molecular weight excluding hydrogens is 192 g/mol. The zero-order valence-corrected chi connectivity index (χ0v) is 11.7. The van der Waals surface area contributed by atoms with Crippen molar-refractivity contribution in [3.05, 3.63) is 12.2 Å². The monoisotopic (exact) mass is 222 g/mol. The first-order valence-corrected chi connectivity index (χ1v) is 7.26. The zero-order valence-electron chi connectivity index (χ0n) is 11.7. The largest absolute Gasteiger partial charge is 0.0883 e. The van der Waals surface area contributed by atoms with E-state index in [1.54, 1.807) is 0 Å². The van der Waals surface area contributed by atoms with E-state index in [0.29, 0.717) is 0 Å². The van der Waals surface area contributed by atoms with Gasteiger partial charge >= 0.3 is 0 Å². The Kier molecular flexibility index (Phi) is 6.16. The summed E-state index contributed by atoms with van der Waals surface area (Å²) in [6.07, 6.45) is 13.3. The molecule has 16 heavy (non-hydrogen) atoms. The molecule has 0 saturated heterocycles. The zero-order chi connectivity index (χ0) is 12.0. The van der Waals surface area contributed by atoms with Crippen LogP contribution in [0, 0.1) is 23.7 Å². The SMILES string of the molecule is CC(C)CCC=CC1CCC(C(C)C)CC1. The van der Waals surface area contributed by atoms with Crippen LogP contribution in [-0.2, 0) is 0 Å². The van der Waals surface area contributed by atoms with Crippen LogP contribution in [0.5, 0.6) is 0 Å². The van der Waals surface area contributed by atoms with E-state index >= 15 is 0 Å². The van der Waals surface area contributed by atoms with E-state index in [4.69, 9.17) is 0 Å². The van der Waals surface area contributed by atoms with Crippen LogP contribution >= 0.6 is 0 Å². The molecule has 0 aromatic rings. The molecule has 0 bridgehead atoms. The molecule has 0 atom stereocenters. The molecule has 0 N–H and O–H groups in total. The number of allylic oxidation sites excluding steroid dienone is 2. The van der Waals surface area contributed by atoms with E-state index < -0.39 is 0 Å². The highest BCUT2D eigenvalue weighted by Gasteiger charge is 2.21. The molecule has 0 unspecified atom stereocenters. The molecule has 0 radical (unpaired) electrons. The molecule has 1 aliphatic rings. The average molecular weight is 222 g/mol. The second-order valence-corrected chi connectivity index (χ2v) is 6.32. The van der Waals surface area contributed by atoms with Gasteiger partial charge in [-0.3, -0.25) is 0 Å². The maximum atomic E-state index is 2.50. The molecule has 0 nitrogen and oxygen atoms in total. The van der Waals surface area contributed by atoms with Crippen molar-refractivity contribution in [1.82, 2.24) is 0 Å². The highest BCUT2D eigenvalue weighted by molar-refractivity contribution is 4.91. The average Bonchev–Trinajstić information content (AvgIpc) is 2.25. The third-order valence-electron chi connectivity index (χ3n) is 4.08. The van der Waals surface area contributed by atoms with Crippen LogP contribution in [0.2, 0.25) is 0 Å². The van der Waals surface area contributed by atoms with Crippen molar-refractivity contribution in [3.8, 4) is 0 Å². The van der Waals surface area contributed by atoms with Gasteiger partial charge in [-0.15, -0.1) is 0 Å². The predicted molar refractivity (Wildman–Crippen MR) is 73.5 cm³/mol. The second kappa shape index (κ2) is 7.14. The molecule has 1 fully saturated rings. The molecule has 1 saturated carbocycles. The minimum atomic E-state index is 0.848. The lowest BCUT2D eigenvalue weighted by Crippen LogP contribution is -2.17. The van der Waals surface area contributed by atoms with Gasteiger partial charge in [0.25, 0.3) is 0 Å². The highest BCUT2D eigenvalue weighted by Crippen LogP contribution is 2.33. The highest BCUT2D eigenvalue weighted by atomic mass is 14.3. The van der Waals surface area contributed by atoms with Crippen molar-refractivity contribution >= 4 is 0 Å². The number of hydrogen-bond donors (Lipinski definition) is 0. The van der Waals surface area contributed by atoms with Gasteiger partial charge < -0.3 is 0 Å².